The molecule has 1 fully saturated rings. The number of carbonyl (C=O) groups is 1. The molecule has 2 atom stereocenters. The number of rotatable bonds is 3. The largest absolute Gasteiger partial charge is 0.437 e. The third kappa shape index (κ3) is 1.31. The maximum atomic E-state index is 12.3. The van der Waals surface area contributed by atoms with Crippen molar-refractivity contribution in [3.63, 3.8) is 0 Å². The van der Waals surface area contributed by atoms with Crippen LogP contribution in [0, 0.1) is 0 Å². The monoisotopic (exact) mass is 251 g/mol. The summed E-state index contributed by atoms with van der Waals surface area (Å²) in [5, 5.41) is 0.236. The van der Waals surface area contributed by atoms with Crippen molar-refractivity contribution >= 4 is 25.1 Å². The Morgan fingerprint density at radius 2 is 2.27 bits per heavy atom. The van der Waals surface area contributed by atoms with Crippen LogP contribution >= 0.6 is 19.1 Å². The molecule has 2 rings (SSSR count). The van der Waals surface area contributed by atoms with E-state index >= 15 is 0 Å². The van der Waals surface area contributed by atoms with Gasteiger partial charge in [0.25, 0.3) is 0 Å². The maximum Gasteiger partial charge on any atom is 0.352 e. The molecular formula is C8H11ClNO4P. The maximum absolute atomic E-state index is 12.3. The number of hydrogen-bond donors (Lipinski definition) is 0. The normalized spacial score (nSPS) is 35.1. The standard InChI is InChI=1S/C8H11ClNO4P/c1-3-10-7-6(5(9)8(11)14-7)15(10,12)13-4-2/h7H,3-4H2,1-2H3. The van der Waals surface area contributed by atoms with Gasteiger partial charge >= 0.3 is 13.5 Å². The predicted molar refractivity (Wildman–Crippen MR) is 54.4 cm³/mol. The van der Waals surface area contributed by atoms with Crippen LogP contribution in [-0.2, 0) is 18.6 Å². The fraction of sp³-hybridized carbons (Fsp3) is 0.625. The van der Waals surface area contributed by atoms with Crippen LogP contribution in [0.2, 0.25) is 0 Å². The highest BCUT2D eigenvalue weighted by Gasteiger charge is 2.62. The molecule has 0 N–H and O–H groups in total. The molecule has 0 bridgehead atoms. The first-order valence-electron chi connectivity index (χ1n) is 4.69. The van der Waals surface area contributed by atoms with E-state index in [9.17, 15) is 9.36 Å². The SMILES string of the molecule is CCOP1(=O)C2=C(Cl)C(=O)OC2N1CC. The van der Waals surface area contributed by atoms with E-state index in [1.165, 1.54) is 4.67 Å². The highest BCUT2D eigenvalue weighted by Crippen LogP contribution is 2.72. The van der Waals surface area contributed by atoms with Crippen LogP contribution in [0.3, 0.4) is 0 Å². The number of carbonyl (C=O) groups excluding carboxylic acids is 1. The quantitative estimate of drug-likeness (QED) is 0.566. The van der Waals surface area contributed by atoms with E-state index in [1.807, 2.05) is 6.92 Å². The van der Waals surface area contributed by atoms with Gasteiger partial charge in [0.2, 0.25) is 0 Å². The Morgan fingerprint density at radius 1 is 1.60 bits per heavy atom. The second-order valence-corrected chi connectivity index (χ2v) is 5.82. The number of ether oxygens (including phenoxy) is 1. The van der Waals surface area contributed by atoms with Gasteiger partial charge in [-0.05, 0) is 6.92 Å². The van der Waals surface area contributed by atoms with Crippen molar-refractivity contribution in [2.75, 3.05) is 13.2 Å². The average Bonchev–Trinajstić information content (AvgIpc) is 2.42. The highest BCUT2D eigenvalue weighted by atomic mass is 35.5. The van der Waals surface area contributed by atoms with Crippen LogP contribution in [-0.4, -0.2) is 30.0 Å². The molecule has 0 aromatic carbocycles. The lowest BCUT2D eigenvalue weighted by Crippen LogP contribution is -2.44. The Labute approximate surface area is 92.5 Å². The first-order chi connectivity index (χ1) is 7.06. The Bertz CT molecular complexity index is 394. The molecule has 7 heteroatoms. The number of hydrogen-bond acceptors (Lipinski definition) is 4. The summed E-state index contributed by atoms with van der Waals surface area (Å²) in [6.45, 7) is 4.36. The molecule has 5 nitrogen and oxygen atoms in total. The average molecular weight is 252 g/mol. The molecule has 0 amide bonds. The molecule has 0 saturated carbocycles. The zero-order chi connectivity index (χ0) is 11.2. The van der Waals surface area contributed by atoms with Gasteiger partial charge in [0, 0.05) is 6.54 Å². The topological polar surface area (TPSA) is 55.8 Å². The van der Waals surface area contributed by atoms with Crippen LogP contribution in [0.5, 0.6) is 0 Å². The summed E-state index contributed by atoms with van der Waals surface area (Å²) in [5.41, 5.74) is 0. The summed E-state index contributed by atoms with van der Waals surface area (Å²) in [5.74, 6) is -0.618. The molecular weight excluding hydrogens is 241 g/mol. The summed E-state index contributed by atoms with van der Waals surface area (Å²) in [7, 11) is -3.07. The van der Waals surface area contributed by atoms with Crippen LogP contribution in [0.15, 0.2) is 10.3 Å². The summed E-state index contributed by atoms with van der Waals surface area (Å²) < 4.78 is 24.0. The summed E-state index contributed by atoms with van der Waals surface area (Å²) in [4.78, 5) is 11.2. The zero-order valence-electron chi connectivity index (χ0n) is 8.40. The van der Waals surface area contributed by atoms with Crippen molar-refractivity contribution in [2.45, 2.75) is 20.1 Å². The van der Waals surface area contributed by atoms with Gasteiger partial charge in [-0.15, -0.1) is 0 Å². The van der Waals surface area contributed by atoms with Crippen molar-refractivity contribution in [1.82, 2.24) is 4.67 Å². The first-order valence-corrected chi connectivity index (χ1v) is 6.64. The summed E-state index contributed by atoms with van der Waals surface area (Å²) in [6, 6.07) is 0. The van der Waals surface area contributed by atoms with Gasteiger partial charge in [-0.25, -0.2) is 4.79 Å². The lowest BCUT2D eigenvalue weighted by atomic mass is 10.4. The molecule has 0 radical (unpaired) electrons. The predicted octanol–water partition coefficient (Wildman–Crippen LogP) is 1.88. The second-order valence-electron chi connectivity index (χ2n) is 3.15. The second kappa shape index (κ2) is 3.59. The van der Waals surface area contributed by atoms with Crippen LogP contribution in [0.25, 0.3) is 0 Å². The van der Waals surface area contributed by atoms with Crippen LogP contribution < -0.4 is 0 Å². The van der Waals surface area contributed by atoms with Gasteiger partial charge in [-0.2, -0.15) is 4.67 Å². The Kier molecular flexibility index (Phi) is 2.67. The van der Waals surface area contributed by atoms with E-state index in [0.29, 0.717) is 18.5 Å². The third-order valence-electron chi connectivity index (χ3n) is 2.40. The van der Waals surface area contributed by atoms with Gasteiger partial charge in [0.05, 0.1) is 6.61 Å². The Balaban J connectivity index is 2.39. The minimum Gasteiger partial charge on any atom is -0.437 e. The molecule has 2 aliphatic heterocycles. The van der Waals surface area contributed by atoms with E-state index < -0.39 is 19.7 Å². The van der Waals surface area contributed by atoms with Crippen molar-refractivity contribution < 1.29 is 18.6 Å². The minimum atomic E-state index is -3.07. The molecule has 2 unspecified atom stereocenters. The molecule has 15 heavy (non-hydrogen) atoms. The minimum absolute atomic E-state index is 0.0820. The molecule has 2 aliphatic rings. The lowest BCUT2D eigenvalue weighted by Gasteiger charge is -2.44. The molecule has 2 heterocycles. The number of esters is 1. The summed E-state index contributed by atoms with van der Waals surface area (Å²) in [6.07, 6.45) is -0.576. The van der Waals surface area contributed by atoms with E-state index in [-0.39, 0.29) is 5.03 Å². The highest BCUT2D eigenvalue weighted by molar-refractivity contribution is 7.63. The van der Waals surface area contributed by atoms with Gasteiger partial charge in [-0.1, -0.05) is 18.5 Å². The molecule has 0 aromatic heterocycles. The van der Waals surface area contributed by atoms with E-state index in [1.54, 1.807) is 6.92 Å². The molecule has 1 saturated heterocycles. The van der Waals surface area contributed by atoms with Crippen LogP contribution in [0.4, 0.5) is 0 Å². The van der Waals surface area contributed by atoms with Gasteiger partial charge in [0.1, 0.15) is 10.3 Å². The number of halogens is 1. The zero-order valence-corrected chi connectivity index (χ0v) is 10.0. The molecule has 0 aromatic rings. The van der Waals surface area contributed by atoms with Crippen molar-refractivity contribution in [3.05, 3.63) is 10.3 Å². The summed E-state index contributed by atoms with van der Waals surface area (Å²) >= 11 is 5.73. The van der Waals surface area contributed by atoms with Crippen molar-refractivity contribution in [3.8, 4) is 0 Å². The van der Waals surface area contributed by atoms with Gasteiger partial charge in [0.15, 0.2) is 6.23 Å². The van der Waals surface area contributed by atoms with Crippen molar-refractivity contribution in [2.24, 2.45) is 0 Å². The van der Waals surface area contributed by atoms with Crippen LogP contribution in [0.1, 0.15) is 13.8 Å². The fourth-order valence-electron chi connectivity index (χ4n) is 1.78. The molecule has 0 aliphatic carbocycles. The Hall–Kier alpha value is -0.350. The first kappa shape index (κ1) is 11.1. The number of fused-ring (bicyclic) bond motifs is 1. The molecule has 84 valence electrons. The Morgan fingerprint density at radius 3 is 2.80 bits per heavy atom. The van der Waals surface area contributed by atoms with Crippen molar-refractivity contribution in [1.29, 1.82) is 0 Å². The number of nitrogens with zero attached hydrogens (tertiary/aromatic N) is 1. The number of likely N-dealkylation sites (N-methyl/N-ethyl adjacent to an activating group) is 1. The smallest absolute Gasteiger partial charge is 0.352 e. The lowest BCUT2D eigenvalue weighted by molar-refractivity contribution is -0.144. The fourth-order valence-corrected chi connectivity index (χ4v) is 4.60. The third-order valence-corrected chi connectivity index (χ3v) is 5.72. The van der Waals surface area contributed by atoms with Gasteiger partial charge in [-0.3, -0.25) is 4.57 Å². The van der Waals surface area contributed by atoms with E-state index in [2.05, 4.69) is 0 Å². The van der Waals surface area contributed by atoms with E-state index in [0.717, 1.165) is 0 Å². The van der Waals surface area contributed by atoms with Gasteiger partial charge < -0.3 is 9.26 Å². The molecule has 0 spiro atoms. The van der Waals surface area contributed by atoms with E-state index in [4.69, 9.17) is 20.9 Å².